The topological polar surface area (TPSA) is 88.6 Å². The number of furan rings is 1. The summed E-state index contributed by atoms with van der Waals surface area (Å²) in [6, 6.07) is 9.71. The lowest BCUT2D eigenvalue weighted by Gasteiger charge is -2.33. The molecule has 1 amide bonds. The summed E-state index contributed by atoms with van der Waals surface area (Å²) < 4.78 is 46.7. The number of amides is 1. The van der Waals surface area contributed by atoms with Crippen molar-refractivity contribution >= 4 is 40.9 Å². The van der Waals surface area contributed by atoms with Crippen LogP contribution in [-0.4, -0.2) is 53.0 Å². The molecular weight excluding hydrogens is 505 g/mol. The molecule has 37 heavy (non-hydrogen) atoms. The van der Waals surface area contributed by atoms with Crippen LogP contribution in [0.25, 0.3) is 11.0 Å². The molecule has 5 rings (SSSR count). The van der Waals surface area contributed by atoms with Gasteiger partial charge in [0.1, 0.15) is 23.0 Å². The Kier molecular flexibility index (Phi) is 6.34. The highest BCUT2D eigenvalue weighted by Gasteiger charge is 2.52. The number of nitrogens with one attached hydrogen (secondary N) is 1. The average Bonchev–Trinajstić information content (AvgIpc) is 3.32. The molecule has 194 valence electrons. The Bertz CT molecular complexity index is 1390. The van der Waals surface area contributed by atoms with Crippen LogP contribution in [0.5, 0.6) is 0 Å². The number of pyridine rings is 1. The number of hydrogen-bond donors (Lipinski definition) is 2. The Labute approximate surface area is 217 Å². The zero-order valence-corrected chi connectivity index (χ0v) is 21.1. The number of anilines is 2. The fourth-order valence-corrected chi connectivity index (χ4v) is 5.57. The number of piperazine rings is 1. The number of aromatic nitrogens is 1. The third-order valence-electron chi connectivity index (χ3n) is 6.79. The molecule has 0 radical (unpaired) electrons. The first-order valence-electron chi connectivity index (χ1n) is 11.7. The summed E-state index contributed by atoms with van der Waals surface area (Å²) in [5.41, 5.74) is -2.71. The van der Waals surface area contributed by atoms with E-state index in [-0.39, 0.29) is 5.69 Å². The van der Waals surface area contributed by atoms with Crippen molar-refractivity contribution in [2.24, 2.45) is 0 Å². The van der Waals surface area contributed by atoms with Crippen LogP contribution in [0.2, 0.25) is 0 Å². The van der Waals surface area contributed by atoms with E-state index in [4.69, 9.17) is 9.68 Å². The molecule has 0 aliphatic carbocycles. The highest BCUT2D eigenvalue weighted by Crippen LogP contribution is 2.42. The number of nitriles is 1. The first-order valence-corrected chi connectivity index (χ1v) is 12.3. The fraction of sp³-hybridized carbons (Fsp3) is 0.400. The molecule has 1 atom stereocenters. The average molecular weight is 531 g/mol. The molecule has 2 aliphatic heterocycles. The number of nitrogens with zero attached hydrogens (tertiary/aromatic N) is 5. The number of hydrogen-bond acceptors (Lipinski definition) is 8. The minimum Gasteiger partial charge on any atom is -0.460 e. The van der Waals surface area contributed by atoms with Gasteiger partial charge < -0.3 is 14.6 Å². The molecule has 0 bridgehead atoms. The molecule has 2 saturated heterocycles. The minimum absolute atomic E-state index is 0.0883. The molecular formula is C25H25F3N6O2S. The third-order valence-corrected chi connectivity index (χ3v) is 7.25. The molecule has 0 saturated carbocycles. The van der Waals surface area contributed by atoms with Crippen LogP contribution in [0, 0.1) is 11.3 Å². The Morgan fingerprint density at radius 1 is 1.22 bits per heavy atom. The van der Waals surface area contributed by atoms with E-state index in [1.807, 2.05) is 18.2 Å². The Morgan fingerprint density at radius 3 is 2.62 bits per heavy atom. The zero-order valence-electron chi connectivity index (χ0n) is 20.2. The summed E-state index contributed by atoms with van der Waals surface area (Å²) in [4.78, 5) is 22.3. The van der Waals surface area contributed by atoms with Crippen LogP contribution in [0.4, 0.5) is 24.5 Å². The van der Waals surface area contributed by atoms with Gasteiger partial charge >= 0.3 is 6.18 Å². The normalized spacial score (nSPS) is 20.6. The quantitative estimate of drug-likeness (QED) is 0.494. The number of carbonyl (C=O) groups is 1. The van der Waals surface area contributed by atoms with Crippen molar-refractivity contribution in [2.45, 2.75) is 37.6 Å². The van der Waals surface area contributed by atoms with Crippen molar-refractivity contribution in [3.63, 3.8) is 0 Å². The fourth-order valence-electron chi connectivity index (χ4n) is 4.91. The number of rotatable bonds is 4. The molecule has 12 heteroatoms. The van der Waals surface area contributed by atoms with Crippen molar-refractivity contribution in [3.05, 3.63) is 53.5 Å². The van der Waals surface area contributed by atoms with Crippen molar-refractivity contribution in [2.75, 3.05) is 36.0 Å². The number of alkyl halides is 3. The largest absolute Gasteiger partial charge is 0.460 e. The van der Waals surface area contributed by atoms with Gasteiger partial charge in [0.2, 0.25) is 0 Å². The SMILES string of the molecule is CC1(C)C(=O)N(c2cnc(C#N)c(C(F)(F)F)c2)C(S)N1c1ccc2oc(CN3CCNCC3)cc2c1. The Balaban J connectivity index is 1.48. The van der Waals surface area contributed by atoms with E-state index in [0.717, 1.165) is 49.6 Å². The van der Waals surface area contributed by atoms with Crippen LogP contribution in [0.15, 0.2) is 40.9 Å². The van der Waals surface area contributed by atoms with Gasteiger partial charge in [-0.05, 0) is 44.2 Å². The molecule has 1 N–H and O–H groups in total. The second-order valence-corrected chi connectivity index (χ2v) is 10.1. The maximum Gasteiger partial charge on any atom is 0.419 e. The molecule has 1 aromatic carbocycles. The summed E-state index contributed by atoms with van der Waals surface area (Å²) in [6.45, 7) is 7.80. The van der Waals surface area contributed by atoms with Gasteiger partial charge in [0.15, 0.2) is 11.2 Å². The number of benzene rings is 1. The second-order valence-electron chi connectivity index (χ2n) is 9.61. The van der Waals surface area contributed by atoms with E-state index in [2.05, 4.69) is 27.8 Å². The molecule has 2 aliphatic rings. The van der Waals surface area contributed by atoms with Crippen molar-refractivity contribution in [1.29, 1.82) is 5.26 Å². The van der Waals surface area contributed by atoms with E-state index in [9.17, 15) is 18.0 Å². The predicted molar refractivity (Wildman–Crippen MR) is 135 cm³/mol. The van der Waals surface area contributed by atoms with E-state index in [1.165, 1.54) is 11.0 Å². The molecule has 4 heterocycles. The Morgan fingerprint density at radius 2 is 1.95 bits per heavy atom. The number of fused-ring (bicyclic) bond motifs is 1. The first-order chi connectivity index (χ1) is 17.5. The first kappa shape index (κ1) is 25.4. The lowest BCUT2D eigenvalue weighted by molar-refractivity contribution is -0.138. The second kappa shape index (κ2) is 9.24. The van der Waals surface area contributed by atoms with Gasteiger partial charge in [0.05, 0.1) is 24.0 Å². The van der Waals surface area contributed by atoms with Gasteiger partial charge in [-0.2, -0.15) is 18.4 Å². The van der Waals surface area contributed by atoms with E-state index in [1.54, 1.807) is 24.8 Å². The van der Waals surface area contributed by atoms with Crippen LogP contribution in [-0.2, 0) is 17.5 Å². The predicted octanol–water partition coefficient (Wildman–Crippen LogP) is 3.97. The summed E-state index contributed by atoms with van der Waals surface area (Å²) in [6.07, 6.45) is -3.71. The van der Waals surface area contributed by atoms with E-state index in [0.29, 0.717) is 17.8 Å². The van der Waals surface area contributed by atoms with Gasteiger partial charge in [-0.1, -0.05) is 0 Å². The molecule has 1 unspecified atom stereocenters. The lowest BCUT2D eigenvalue weighted by Crippen LogP contribution is -2.44. The van der Waals surface area contributed by atoms with E-state index < -0.39 is 34.4 Å². The third kappa shape index (κ3) is 4.52. The van der Waals surface area contributed by atoms with Crippen LogP contribution < -0.4 is 15.1 Å². The maximum atomic E-state index is 13.5. The van der Waals surface area contributed by atoms with Crippen LogP contribution >= 0.6 is 12.6 Å². The monoisotopic (exact) mass is 530 g/mol. The number of halogens is 3. The van der Waals surface area contributed by atoms with Crippen molar-refractivity contribution < 1.29 is 22.4 Å². The Hall–Kier alpha value is -3.27. The summed E-state index contributed by atoms with van der Waals surface area (Å²) in [7, 11) is 0. The van der Waals surface area contributed by atoms with Crippen molar-refractivity contribution in [3.8, 4) is 6.07 Å². The van der Waals surface area contributed by atoms with Gasteiger partial charge in [0, 0.05) is 37.3 Å². The lowest BCUT2D eigenvalue weighted by atomic mass is 10.0. The van der Waals surface area contributed by atoms with Crippen molar-refractivity contribution in [1.82, 2.24) is 15.2 Å². The molecule has 2 fully saturated rings. The van der Waals surface area contributed by atoms with Gasteiger partial charge in [-0.25, -0.2) is 4.98 Å². The van der Waals surface area contributed by atoms with Crippen LogP contribution in [0.1, 0.15) is 30.9 Å². The molecule has 3 aromatic rings. The van der Waals surface area contributed by atoms with Gasteiger partial charge in [-0.15, -0.1) is 12.6 Å². The summed E-state index contributed by atoms with van der Waals surface area (Å²) >= 11 is 4.64. The number of carbonyl (C=O) groups excluding carboxylic acids is 1. The highest BCUT2D eigenvalue weighted by atomic mass is 32.1. The number of thiol groups is 1. The molecule has 8 nitrogen and oxygen atoms in total. The standard InChI is InChI=1S/C25H25F3N6O2S/c1-24(2)22(35)33(17-11-19(25(26,27)28)20(12-29)31-13-17)23(37)34(24)16-3-4-21-15(9-16)10-18(36-21)14-32-7-5-30-6-8-32/h3-4,9-11,13,23,30,37H,5-8,14H2,1-2H3. The molecule has 0 spiro atoms. The van der Waals surface area contributed by atoms with Crippen LogP contribution in [0.3, 0.4) is 0 Å². The summed E-state index contributed by atoms with van der Waals surface area (Å²) in [5.74, 6) is 0.386. The maximum absolute atomic E-state index is 13.5. The zero-order chi connectivity index (χ0) is 26.5. The van der Waals surface area contributed by atoms with E-state index >= 15 is 0 Å². The highest BCUT2D eigenvalue weighted by molar-refractivity contribution is 7.81. The van der Waals surface area contributed by atoms with Gasteiger partial charge in [-0.3, -0.25) is 14.6 Å². The smallest absolute Gasteiger partial charge is 0.419 e. The molecule has 2 aromatic heterocycles. The van der Waals surface area contributed by atoms with Gasteiger partial charge in [0.25, 0.3) is 5.91 Å². The minimum atomic E-state index is -4.80. The summed E-state index contributed by atoms with van der Waals surface area (Å²) in [5, 5.41) is 13.2.